The molecule has 2 aromatic heterocycles. The molecule has 1 aromatic carbocycles. The molecule has 0 spiro atoms. The zero-order chi connectivity index (χ0) is 18.1. The molecule has 0 bridgehead atoms. The topological polar surface area (TPSA) is 48.0 Å². The van der Waals surface area contributed by atoms with Gasteiger partial charge in [0.1, 0.15) is 10.8 Å². The highest BCUT2D eigenvalue weighted by atomic mass is 35.5. The Hall–Kier alpha value is -1.69. The summed E-state index contributed by atoms with van der Waals surface area (Å²) in [5, 5.41) is 2.06. The molecule has 0 amide bonds. The summed E-state index contributed by atoms with van der Waals surface area (Å²) < 4.78 is 7.13. The van der Waals surface area contributed by atoms with E-state index < -0.39 is 0 Å². The van der Waals surface area contributed by atoms with Gasteiger partial charge in [-0.25, -0.2) is 4.79 Å². The highest BCUT2D eigenvalue weighted by Gasteiger charge is 2.22. The van der Waals surface area contributed by atoms with Crippen molar-refractivity contribution in [1.82, 2.24) is 9.55 Å². The number of halogens is 2. The third-order valence-corrected chi connectivity index (χ3v) is 6.13. The van der Waals surface area contributed by atoms with Crippen LogP contribution in [0.3, 0.4) is 0 Å². The number of hydrogen-bond acceptors (Lipinski definition) is 4. The Morgan fingerprint density at radius 2 is 2.12 bits per heavy atom. The standard InChI is InChI=1S/C19H16Cl2N2O2S/c20-13-7-6-12(16(21)9-13)11-26-18-15-4-1-5-17(15)23(19(24)22-18)10-14-3-2-8-25-14/h2-3,6-9H,1,4-5,10-11H2. The third kappa shape index (κ3) is 3.56. The summed E-state index contributed by atoms with van der Waals surface area (Å²) in [7, 11) is 0. The molecule has 0 aliphatic heterocycles. The second-order valence-corrected chi connectivity index (χ2v) is 7.98. The second-order valence-electron chi connectivity index (χ2n) is 6.17. The van der Waals surface area contributed by atoms with Gasteiger partial charge in [0, 0.05) is 27.1 Å². The molecule has 0 N–H and O–H groups in total. The predicted octanol–water partition coefficient (Wildman–Crippen LogP) is 4.97. The Balaban J connectivity index is 1.62. The monoisotopic (exact) mass is 406 g/mol. The maximum atomic E-state index is 12.6. The molecule has 1 aliphatic carbocycles. The molecule has 0 fully saturated rings. The van der Waals surface area contributed by atoms with Crippen LogP contribution in [0.1, 0.15) is 29.0 Å². The Morgan fingerprint density at radius 1 is 1.23 bits per heavy atom. The lowest BCUT2D eigenvalue weighted by atomic mass is 10.2. The Labute approximate surface area is 165 Å². The van der Waals surface area contributed by atoms with E-state index in [9.17, 15) is 4.79 Å². The molecule has 0 unspecified atom stereocenters. The molecular weight excluding hydrogens is 391 g/mol. The van der Waals surface area contributed by atoms with Crippen LogP contribution in [0, 0.1) is 0 Å². The van der Waals surface area contributed by atoms with Crippen LogP contribution in [0.5, 0.6) is 0 Å². The fourth-order valence-electron chi connectivity index (χ4n) is 3.21. The fourth-order valence-corrected chi connectivity index (χ4v) is 4.85. The third-order valence-electron chi connectivity index (χ3n) is 4.47. The SMILES string of the molecule is O=c1nc(SCc2ccc(Cl)cc2Cl)c2c(n1Cc1ccco1)CCC2. The van der Waals surface area contributed by atoms with Crippen molar-refractivity contribution in [3.63, 3.8) is 0 Å². The van der Waals surface area contributed by atoms with Gasteiger partial charge in [-0.3, -0.25) is 4.57 Å². The number of aromatic nitrogens is 2. The molecule has 134 valence electrons. The number of furan rings is 1. The molecular formula is C19H16Cl2N2O2S. The van der Waals surface area contributed by atoms with Gasteiger partial charge < -0.3 is 4.42 Å². The quantitative estimate of drug-likeness (QED) is 0.443. The zero-order valence-electron chi connectivity index (χ0n) is 13.9. The van der Waals surface area contributed by atoms with E-state index in [1.807, 2.05) is 24.3 Å². The second kappa shape index (κ2) is 7.51. The van der Waals surface area contributed by atoms with Gasteiger partial charge in [0.25, 0.3) is 0 Å². The van der Waals surface area contributed by atoms with Gasteiger partial charge in [0.05, 0.1) is 12.8 Å². The van der Waals surface area contributed by atoms with E-state index >= 15 is 0 Å². The van der Waals surface area contributed by atoms with E-state index in [4.69, 9.17) is 27.6 Å². The minimum atomic E-state index is -0.230. The van der Waals surface area contributed by atoms with Crippen LogP contribution in [0.4, 0.5) is 0 Å². The predicted molar refractivity (Wildman–Crippen MR) is 104 cm³/mol. The molecule has 4 nitrogen and oxygen atoms in total. The Kier molecular flexibility index (Phi) is 5.11. The average molecular weight is 407 g/mol. The van der Waals surface area contributed by atoms with Crippen molar-refractivity contribution in [3.05, 3.63) is 79.7 Å². The first-order chi connectivity index (χ1) is 12.6. The molecule has 1 aliphatic rings. The summed E-state index contributed by atoms with van der Waals surface area (Å²) in [6, 6.07) is 9.17. The lowest BCUT2D eigenvalue weighted by Crippen LogP contribution is -2.27. The number of fused-ring (bicyclic) bond motifs is 1. The van der Waals surface area contributed by atoms with E-state index in [-0.39, 0.29) is 5.69 Å². The first-order valence-electron chi connectivity index (χ1n) is 8.33. The van der Waals surface area contributed by atoms with Crippen molar-refractivity contribution in [1.29, 1.82) is 0 Å². The van der Waals surface area contributed by atoms with E-state index in [1.54, 1.807) is 28.7 Å². The lowest BCUT2D eigenvalue weighted by Gasteiger charge is -2.13. The number of hydrogen-bond donors (Lipinski definition) is 0. The van der Waals surface area contributed by atoms with Crippen LogP contribution in [-0.4, -0.2) is 9.55 Å². The summed E-state index contributed by atoms with van der Waals surface area (Å²) in [5.74, 6) is 1.41. The maximum absolute atomic E-state index is 12.6. The van der Waals surface area contributed by atoms with Gasteiger partial charge in [-0.2, -0.15) is 4.98 Å². The highest BCUT2D eigenvalue weighted by Crippen LogP contribution is 2.33. The largest absolute Gasteiger partial charge is 0.467 e. The van der Waals surface area contributed by atoms with Crippen LogP contribution in [0.15, 0.2) is 50.8 Å². The van der Waals surface area contributed by atoms with Crippen molar-refractivity contribution in [2.24, 2.45) is 0 Å². The summed E-state index contributed by atoms with van der Waals surface area (Å²) in [6.07, 6.45) is 4.49. The molecule has 2 heterocycles. The molecule has 0 saturated heterocycles. The molecule has 0 radical (unpaired) electrons. The minimum Gasteiger partial charge on any atom is -0.467 e. The highest BCUT2D eigenvalue weighted by molar-refractivity contribution is 7.98. The Bertz CT molecular complexity index is 1000. The maximum Gasteiger partial charge on any atom is 0.349 e. The summed E-state index contributed by atoms with van der Waals surface area (Å²) in [5.41, 5.74) is 3.00. The first-order valence-corrected chi connectivity index (χ1v) is 10.1. The number of thioether (sulfide) groups is 1. The summed E-state index contributed by atoms with van der Waals surface area (Å²) in [6.45, 7) is 0.426. The lowest BCUT2D eigenvalue weighted by molar-refractivity contribution is 0.481. The van der Waals surface area contributed by atoms with E-state index in [0.717, 1.165) is 41.3 Å². The van der Waals surface area contributed by atoms with Gasteiger partial charge in [0.2, 0.25) is 0 Å². The minimum absolute atomic E-state index is 0.230. The number of benzene rings is 1. The zero-order valence-corrected chi connectivity index (χ0v) is 16.2. The van der Waals surface area contributed by atoms with Crippen LogP contribution >= 0.6 is 35.0 Å². The van der Waals surface area contributed by atoms with Crippen LogP contribution in [0.25, 0.3) is 0 Å². The summed E-state index contributed by atoms with van der Waals surface area (Å²) >= 11 is 13.8. The normalized spacial score (nSPS) is 13.2. The van der Waals surface area contributed by atoms with E-state index in [0.29, 0.717) is 22.3 Å². The van der Waals surface area contributed by atoms with Crippen molar-refractivity contribution in [2.75, 3.05) is 0 Å². The van der Waals surface area contributed by atoms with Crippen molar-refractivity contribution >= 4 is 35.0 Å². The van der Waals surface area contributed by atoms with Crippen LogP contribution in [0.2, 0.25) is 10.0 Å². The molecule has 26 heavy (non-hydrogen) atoms. The van der Waals surface area contributed by atoms with Gasteiger partial charge in [-0.15, -0.1) is 11.8 Å². The molecule has 7 heteroatoms. The number of nitrogens with zero attached hydrogens (tertiary/aromatic N) is 2. The smallest absolute Gasteiger partial charge is 0.349 e. The van der Waals surface area contributed by atoms with Gasteiger partial charge >= 0.3 is 5.69 Å². The molecule has 3 aromatic rings. The number of rotatable bonds is 5. The van der Waals surface area contributed by atoms with Crippen LogP contribution < -0.4 is 5.69 Å². The fraction of sp³-hybridized carbons (Fsp3) is 0.263. The summed E-state index contributed by atoms with van der Waals surface area (Å²) in [4.78, 5) is 16.9. The van der Waals surface area contributed by atoms with Gasteiger partial charge in [0.15, 0.2) is 0 Å². The molecule has 0 saturated carbocycles. The molecule has 0 atom stereocenters. The average Bonchev–Trinajstić information content (AvgIpc) is 3.28. The van der Waals surface area contributed by atoms with Gasteiger partial charge in [-0.05, 0) is 49.1 Å². The van der Waals surface area contributed by atoms with Crippen molar-refractivity contribution in [3.8, 4) is 0 Å². The van der Waals surface area contributed by atoms with Gasteiger partial charge in [-0.1, -0.05) is 29.3 Å². The van der Waals surface area contributed by atoms with Crippen molar-refractivity contribution in [2.45, 2.75) is 36.6 Å². The Morgan fingerprint density at radius 3 is 2.88 bits per heavy atom. The molecule has 4 rings (SSSR count). The van der Waals surface area contributed by atoms with Crippen molar-refractivity contribution < 1.29 is 4.42 Å². The van der Waals surface area contributed by atoms with E-state index in [1.165, 1.54) is 5.56 Å². The van der Waals surface area contributed by atoms with E-state index in [2.05, 4.69) is 4.98 Å². The first kappa shape index (κ1) is 17.7. The van der Waals surface area contributed by atoms with Crippen LogP contribution in [-0.2, 0) is 25.1 Å².